The van der Waals surface area contributed by atoms with Crippen LogP contribution in [0.3, 0.4) is 0 Å². The van der Waals surface area contributed by atoms with Crippen LogP contribution < -0.4 is 9.64 Å². The number of ether oxygens (including phenoxy) is 1. The van der Waals surface area contributed by atoms with Crippen molar-refractivity contribution >= 4 is 27.7 Å². The highest BCUT2D eigenvalue weighted by molar-refractivity contribution is 9.10. The van der Waals surface area contributed by atoms with Crippen molar-refractivity contribution in [2.75, 3.05) is 19.1 Å². The highest BCUT2D eigenvalue weighted by atomic mass is 79.9. The van der Waals surface area contributed by atoms with Crippen LogP contribution in [0.4, 0.5) is 10.5 Å². The third-order valence-corrected chi connectivity index (χ3v) is 2.46. The maximum Gasteiger partial charge on any atom is 0.411 e. The van der Waals surface area contributed by atoms with Crippen molar-refractivity contribution in [3.05, 3.63) is 22.7 Å². The van der Waals surface area contributed by atoms with Crippen molar-refractivity contribution < 1.29 is 14.6 Å². The van der Waals surface area contributed by atoms with Crippen LogP contribution in [0.2, 0.25) is 0 Å². The summed E-state index contributed by atoms with van der Waals surface area (Å²) in [5.41, 5.74) is 0.567. The van der Waals surface area contributed by atoms with Crippen LogP contribution in [0.15, 0.2) is 22.7 Å². The second kappa shape index (κ2) is 4.32. The molecule has 4 nitrogen and oxygen atoms in total. The second-order valence-corrected chi connectivity index (χ2v) is 3.51. The van der Waals surface area contributed by atoms with Gasteiger partial charge in [-0.2, -0.15) is 0 Å². The number of hydrogen-bond acceptors (Lipinski definition) is 2. The Hall–Kier alpha value is -1.23. The number of carboxylic acid groups (broad SMARTS) is 1. The summed E-state index contributed by atoms with van der Waals surface area (Å²) in [7, 11) is 3.01. The Kier molecular flexibility index (Phi) is 3.35. The van der Waals surface area contributed by atoms with E-state index < -0.39 is 6.09 Å². The Bertz CT molecular complexity index is 354. The van der Waals surface area contributed by atoms with Gasteiger partial charge in [0.2, 0.25) is 0 Å². The third-order valence-electron chi connectivity index (χ3n) is 1.81. The van der Waals surface area contributed by atoms with Crippen molar-refractivity contribution in [2.45, 2.75) is 0 Å². The van der Waals surface area contributed by atoms with Crippen molar-refractivity contribution in [3.8, 4) is 5.75 Å². The molecule has 0 spiro atoms. The average Bonchev–Trinajstić information content (AvgIpc) is 2.17. The molecule has 14 heavy (non-hydrogen) atoms. The van der Waals surface area contributed by atoms with Crippen LogP contribution in [0.5, 0.6) is 5.75 Å². The maximum atomic E-state index is 10.7. The van der Waals surface area contributed by atoms with Gasteiger partial charge < -0.3 is 9.84 Å². The first-order valence-corrected chi connectivity index (χ1v) is 4.65. The van der Waals surface area contributed by atoms with E-state index in [0.717, 1.165) is 9.37 Å². The van der Waals surface area contributed by atoms with E-state index in [1.807, 2.05) is 0 Å². The van der Waals surface area contributed by atoms with E-state index in [2.05, 4.69) is 15.9 Å². The number of nitrogens with zero attached hydrogens (tertiary/aromatic N) is 1. The Morgan fingerprint density at radius 3 is 2.71 bits per heavy atom. The fourth-order valence-electron chi connectivity index (χ4n) is 0.968. The Morgan fingerprint density at radius 2 is 2.21 bits per heavy atom. The number of amides is 1. The predicted molar refractivity (Wildman–Crippen MR) is 57.1 cm³/mol. The average molecular weight is 260 g/mol. The molecular weight excluding hydrogens is 250 g/mol. The van der Waals surface area contributed by atoms with E-state index in [1.54, 1.807) is 18.2 Å². The normalized spacial score (nSPS) is 9.64. The lowest BCUT2D eigenvalue weighted by Gasteiger charge is -2.14. The van der Waals surface area contributed by atoms with E-state index in [9.17, 15) is 4.79 Å². The summed E-state index contributed by atoms with van der Waals surface area (Å²) in [5.74, 6) is 0.607. The van der Waals surface area contributed by atoms with Gasteiger partial charge in [0, 0.05) is 13.1 Å². The number of methoxy groups -OCH3 is 1. The van der Waals surface area contributed by atoms with Gasteiger partial charge in [0.1, 0.15) is 5.75 Å². The first-order chi connectivity index (χ1) is 6.56. The van der Waals surface area contributed by atoms with Crippen molar-refractivity contribution in [1.82, 2.24) is 0 Å². The van der Waals surface area contributed by atoms with Crippen molar-refractivity contribution in [2.24, 2.45) is 0 Å². The fraction of sp³-hybridized carbons (Fsp3) is 0.222. The zero-order valence-electron chi connectivity index (χ0n) is 7.82. The number of rotatable bonds is 2. The fourth-order valence-corrected chi connectivity index (χ4v) is 1.38. The van der Waals surface area contributed by atoms with E-state index in [0.29, 0.717) is 11.4 Å². The number of halogens is 1. The molecule has 1 rings (SSSR count). The summed E-state index contributed by atoms with van der Waals surface area (Å²) >= 11 is 3.29. The molecule has 1 aromatic carbocycles. The molecular formula is C9H10BrNO3. The van der Waals surface area contributed by atoms with Gasteiger partial charge in [0.25, 0.3) is 0 Å². The lowest BCUT2D eigenvalue weighted by atomic mass is 10.3. The molecule has 0 aliphatic rings. The van der Waals surface area contributed by atoms with E-state index in [4.69, 9.17) is 9.84 Å². The maximum absolute atomic E-state index is 10.7. The van der Waals surface area contributed by atoms with Gasteiger partial charge in [-0.25, -0.2) is 4.79 Å². The van der Waals surface area contributed by atoms with Gasteiger partial charge in [-0.15, -0.1) is 0 Å². The molecule has 0 radical (unpaired) electrons. The minimum atomic E-state index is -1.01. The van der Waals surface area contributed by atoms with Gasteiger partial charge in [0.05, 0.1) is 17.3 Å². The number of carbonyl (C=O) groups is 1. The van der Waals surface area contributed by atoms with Crippen LogP contribution in [-0.4, -0.2) is 25.4 Å². The minimum absolute atomic E-state index is 0.567. The molecule has 1 aromatic rings. The van der Waals surface area contributed by atoms with E-state index in [-0.39, 0.29) is 0 Å². The molecule has 0 fully saturated rings. The van der Waals surface area contributed by atoms with Crippen LogP contribution in [0.25, 0.3) is 0 Å². The Labute approximate surface area is 90.2 Å². The monoisotopic (exact) mass is 259 g/mol. The molecule has 0 saturated carbocycles. The summed E-state index contributed by atoms with van der Waals surface area (Å²) < 4.78 is 5.84. The molecule has 0 atom stereocenters. The van der Waals surface area contributed by atoms with Crippen LogP contribution in [0, 0.1) is 0 Å². The molecule has 0 aliphatic carbocycles. The molecule has 0 bridgehead atoms. The Morgan fingerprint density at radius 1 is 1.57 bits per heavy atom. The number of benzene rings is 1. The van der Waals surface area contributed by atoms with Gasteiger partial charge in [-0.3, -0.25) is 4.90 Å². The third kappa shape index (κ3) is 2.17. The zero-order valence-corrected chi connectivity index (χ0v) is 9.41. The minimum Gasteiger partial charge on any atom is -0.495 e. The Balaban J connectivity index is 3.06. The molecule has 1 amide bonds. The molecule has 0 unspecified atom stereocenters. The summed E-state index contributed by atoms with van der Waals surface area (Å²) in [6.45, 7) is 0. The van der Waals surface area contributed by atoms with Gasteiger partial charge >= 0.3 is 6.09 Å². The lowest BCUT2D eigenvalue weighted by Crippen LogP contribution is -2.23. The quantitative estimate of drug-likeness (QED) is 0.889. The van der Waals surface area contributed by atoms with E-state index in [1.165, 1.54) is 14.2 Å². The first kappa shape index (κ1) is 10.8. The molecule has 0 saturated heterocycles. The van der Waals surface area contributed by atoms with Gasteiger partial charge in [-0.1, -0.05) is 0 Å². The molecule has 0 heterocycles. The summed E-state index contributed by atoms with van der Waals surface area (Å²) in [4.78, 5) is 11.8. The van der Waals surface area contributed by atoms with Gasteiger partial charge in [-0.05, 0) is 28.1 Å². The number of anilines is 1. The highest BCUT2D eigenvalue weighted by Crippen LogP contribution is 2.29. The predicted octanol–water partition coefficient (Wildman–Crippen LogP) is 2.57. The van der Waals surface area contributed by atoms with Crippen molar-refractivity contribution in [3.63, 3.8) is 0 Å². The van der Waals surface area contributed by atoms with Crippen LogP contribution in [-0.2, 0) is 0 Å². The lowest BCUT2D eigenvalue weighted by molar-refractivity contribution is 0.203. The highest BCUT2D eigenvalue weighted by Gasteiger charge is 2.10. The molecule has 5 heteroatoms. The summed E-state index contributed by atoms with van der Waals surface area (Å²) in [6.07, 6.45) is -1.01. The van der Waals surface area contributed by atoms with Gasteiger partial charge in [0.15, 0.2) is 0 Å². The summed E-state index contributed by atoms with van der Waals surface area (Å²) in [5, 5.41) is 8.74. The number of hydrogen-bond donors (Lipinski definition) is 1. The second-order valence-electron chi connectivity index (χ2n) is 2.66. The smallest absolute Gasteiger partial charge is 0.411 e. The van der Waals surface area contributed by atoms with Crippen LogP contribution in [0.1, 0.15) is 0 Å². The molecule has 76 valence electrons. The first-order valence-electron chi connectivity index (χ1n) is 3.86. The van der Waals surface area contributed by atoms with Crippen LogP contribution >= 0.6 is 15.9 Å². The van der Waals surface area contributed by atoms with Crippen molar-refractivity contribution in [1.29, 1.82) is 0 Å². The largest absolute Gasteiger partial charge is 0.495 e. The molecule has 0 aromatic heterocycles. The molecule has 0 aliphatic heterocycles. The van der Waals surface area contributed by atoms with E-state index >= 15 is 0 Å². The topological polar surface area (TPSA) is 49.8 Å². The molecule has 1 N–H and O–H groups in total. The SMILES string of the molecule is COc1cc(N(C)C(=O)O)ccc1Br. The zero-order chi connectivity index (χ0) is 10.7. The standard InChI is InChI=1S/C9H10BrNO3/c1-11(9(12)13)6-3-4-7(10)8(5-6)14-2/h3-5H,1-2H3,(H,12,13). The summed E-state index contributed by atoms with van der Waals surface area (Å²) in [6, 6.07) is 5.09.